The second kappa shape index (κ2) is 5.61. The van der Waals surface area contributed by atoms with Gasteiger partial charge in [0.05, 0.1) is 14.9 Å². The van der Waals surface area contributed by atoms with Crippen molar-refractivity contribution in [3.63, 3.8) is 0 Å². The topological polar surface area (TPSA) is 41.3 Å². The summed E-state index contributed by atoms with van der Waals surface area (Å²) in [6.07, 6.45) is 2.12. The Morgan fingerprint density at radius 3 is 2.89 bits per heavy atom. The standard InChI is InChI=1S/C13H19FIN3/c1-8-5-9(3-4-18(8)2)17-13-6-10(14)11(15)7-12(13)16/h6-9,17H,3-5,16H2,1-2H3. The fourth-order valence-corrected chi connectivity index (χ4v) is 2.82. The smallest absolute Gasteiger partial charge is 0.138 e. The number of halogens is 2. The van der Waals surface area contributed by atoms with E-state index >= 15 is 0 Å². The predicted octanol–water partition coefficient (Wildman–Crippen LogP) is 2.91. The minimum absolute atomic E-state index is 0.215. The van der Waals surface area contributed by atoms with Gasteiger partial charge in [0, 0.05) is 24.7 Å². The van der Waals surface area contributed by atoms with Crippen LogP contribution >= 0.6 is 22.6 Å². The number of rotatable bonds is 2. The Hall–Kier alpha value is -0.560. The highest BCUT2D eigenvalue weighted by Crippen LogP contribution is 2.27. The molecule has 1 aliphatic heterocycles. The zero-order valence-corrected chi connectivity index (χ0v) is 12.9. The molecule has 1 saturated heterocycles. The number of nitrogen functional groups attached to an aromatic ring is 1. The number of nitrogens with two attached hydrogens (primary N) is 1. The molecule has 100 valence electrons. The highest BCUT2D eigenvalue weighted by Gasteiger charge is 2.23. The Bertz CT molecular complexity index is 438. The molecule has 2 unspecified atom stereocenters. The predicted molar refractivity (Wildman–Crippen MR) is 82.3 cm³/mol. The van der Waals surface area contributed by atoms with Crippen molar-refractivity contribution in [1.29, 1.82) is 0 Å². The van der Waals surface area contributed by atoms with E-state index in [4.69, 9.17) is 5.73 Å². The SMILES string of the molecule is CC1CC(Nc2cc(F)c(I)cc2N)CCN1C. The fraction of sp³-hybridized carbons (Fsp3) is 0.538. The van der Waals surface area contributed by atoms with Crippen LogP contribution in [-0.4, -0.2) is 30.6 Å². The van der Waals surface area contributed by atoms with Crippen molar-refractivity contribution in [3.05, 3.63) is 21.5 Å². The number of piperidine rings is 1. The van der Waals surface area contributed by atoms with Crippen LogP contribution in [0.15, 0.2) is 12.1 Å². The quantitative estimate of drug-likeness (QED) is 0.627. The van der Waals surface area contributed by atoms with Crippen LogP contribution in [0.2, 0.25) is 0 Å². The third-order valence-electron chi connectivity index (χ3n) is 3.66. The molecule has 18 heavy (non-hydrogen) atoms. The van der Waals surface area contributed by atoms with Crippen LogP contribution in [0, 0.1) is 9.39 Å². The number of hydrogen-bond donors (Lipinski definition) is 2. The van der Waals surface area contributed by atoms with Crippen LogP contribution < -0.4 is 11.1 Å². The van der Waals surface area contributed by atoms with E-state index in [1.807, 2.05) is 22.6 Å². The molecule has 0 amide bonds. The van der Waals surface area contributed by atoms with E-state index in [2.05, 4.69) is 24.2 Å². The van der Waals surface area contributed by atoms with E-state index in [0.717, 1.165) is 25.1 Å². The minimum Gasteiger partial charge on any atom is -0.397 e. The van der Waals surface area contributed by atoms with Gasteiger partial charge in [-0.05, 0) is 55.5 Å². The summed E-state index contributed by atoms with van der Waals surface area (Å²) in [4.78, 5) is 2.34. The van der Waals surface area contributed by atoms with Gasteiger partial charge in [0.15, 0.2) is 0 Å². The van der Waals surface area contributed by atoms with Crippen LogP contribution in [0.1, 0.15) is 19.8 Å². The van der Waals surface area contributed by atoms with E-state index in [9.17, 15) is 4.39 Å². The van der Waals surface area contributed by atoms with Crippen molar-refractivity contribution < 1.29 is 4.39 Å². The Labute approximate surface area is 121 Å². The molecule has 0 aromatic heterocycles. The monoisotopic (exact) mass is 363 g/mol. The Balaban J connectivity index is 2.08. The number of likely N-dealkylation sites (tertiary alicyclic amines) is 1. The van der Waals surface area contributed by atoms with Crippen molar-refractivity contribution in [1.82, 2.24) is 4.90 Å². The van der Waals surface area contributed by atoms with E-state index in [-0.39, 0.29) is 5.82 Å². The maximum absolute atomic E-state index is 13.5. The van der Waals surface area contributed by atoms with Crippen molar-refractivity contribution in [2.45, 2.75) is 31.8 Å². The number of anilines is 2. The van der Waals surface area contributed by atoms with Gasteiger partial charge in [-0.15, -0.1) is 0 Å². The van der Waals surface area contributed by atoms with Gasteiger partial charge in [0.2, 0.25) is 0 Å². The molecule has 3 N–H and O–H groups in total. The van der Waals surface area contributed by atoms with E-state index < -0.39 is 0 Å². The lowest BCUT2D eigenvalue weighted by Crippen LogP contribution is -2.42. The number of nitrogens with zero attached hydrogens (tertiary/aromatic N) is 1. The molecule has 2 rings (SSSR count). The zero-order valence-electron chi connectivity index (χ0n) is 10.7. The van der Waals surface area contributed by atoms with Gasteiger partial charge in [-0.25, -0.2) is 4.39 Å². The van der Waals surface area contributed by atoms with Gasteiger partial charge in [-0.1, -0.05) is 0 Å². The highest BCUT2D eigenvalue weighted by atomic mass is 127. The summed E-state index contributed by atoms with van der Waals surface area (Å²) >= 11 is 1.95. The Kier molecular flexibility index (Phi) is 4.32. The molecule has 3 nitrogen and oxygen atoms in total. The summed E-state index contributed by atoms with van der Waals surface area (Å²) in [5.74, 6) is -0.215. The summed E-state index contributed by atoms with van der Waals surface area (Å²) in [7, 11) is 2.14. The maximum Gasteiger partial charge on any atom is 0.138 e. The van der Waals surface area contributed by atoms with Gasteiger partial charge >= 0.3 is 0 Å². The highest BCUT2D eigenvalue weighted by molar-refractivity contribution is 14.1. The Morgan fingerprint density at radius 2 is 2.22 bits per heavy atom. The first kappa shape index (κ1) is 13.9. The Morgan fingerprint density at radius 1 is 1.50 bits per heavy atom. The normalized spacial score (nSPS) is 25.1. The third-order valence-corrected chi connectivity index (χ3v) is 4.49. The summed E-state index contributed by atoms with van der Waals surface area (Å²) in [5, 5.41) is 3.37. The molecule has 0 spiro atoms. The summed E-state index contributed by atoms with van der Waals surface area (Å²) in [6, 6.07) is 4.10. The first-order valence-electron chi connectivity index (χ1n) is 6.18. The minimum atomic E-state index is -0.215. The molecule has 1 aromatic rings. The molecule has 5 heteroatoms. The molecule has 1 heterocycles. The average molecular weight is 363 g/mol. The van der Waals surface area contributed by atoms with Crippen LogP contribution in [0.3, 0.4) is 0 Å². The molecule has 0 bridgehead atoms. The van der Waals surface area contributed by atoms with Crippen LogP contribution in [-0.2, 0) is 0 Å². The summed E-state index contributed by atoms with van der Waals surface area (Å²) in [5.41, 5.74) is 7.26. The largest absolute Gasteiger partial charge is 0.397 e. The molecule has 0 aliphatic carbocycles. The van der Waals surface area contributed by atoms with Crippen molar-refractivity contribution in [3.8, 4) is 0 Å². The molecule has 2 atom stereocenters. The molecule has 1 aliphatic rings. The fourth-order valence-electron chi connectivity index (χ4n) is 2.33. The molecular formula is C13H19FIN3. The third kappa shape index (κ3) is 3.06. The van der Waals surface area contributed by atoms with Crippen molar-refractivity contribution in [2.75, 3.05) is 24.6 Å². The lowest BCUT2D eigenvalue weighted by Gasteiger charge is -2.36. The lowest BCUT2D eigenvalue weighted by atomic mass is 9.98. The average Bonchev–Trinajstić information content (AvgIpc) is 2.31. The molecular weight excluding hydrogens is 344 g/mol. The number of hydrogen-bond acceptors (Lipinski definition) is 3. The van der Waals surface area contributed by atoms with E-state index in [1.165, 1.54) is 6.07 Å². The van der Waals surface area contributed by atoms with Crippen molar-refractivity contribution >= 4 is 34.0 Å². The zero-order chi connectivity index (χ0) is 13.3. The van der Waals surface area contributed by atoms with Crippen LogP contribution in [0.5, 0.6) is 0 Å². The molecule has 1 aromatic carbocycles. The first-order valence-corrected chi connectivity index (χ1v) is 7.26. The van der Waals surface area contributed by atoms with Gasteiger partial charge in [-0.3, -0.25) is 0 Å². The van der Waals surface area contributed by atoms with Gasteiger partial charge < -0.3 is 16.0 Å². The van der Waals surface area contributed by atoms with Crippen LogP contribution in [0.4, 0.5) is 15.8 Å². The van der Waals surface area contributed by atoms with Gasteiger partial charge in [-0.2, -0.15) is 0 Å². The molecule has 0 saturated carbocycles. The molecule has 0 radical (unpaired) electrons. The van der Waals surface area contributed by atoms with Crippen LogP contribution in [0.25, 0.3) is 0 Å². The van der Waals surface area contributed by atoms with E-state index in [1.54, 1.807) is 6.07 Å². The second-order valence-electron chi connectivity index (χ2n) is 5.05. The van der Waals surface area contributed by atoms with Crippen molar-refractivity contribution in [2.24, 2.45) is 0 Å². The van der Waals surface area contributed by atoms with E-state index in [0.29, 0.717) is 21.3 Å². The first-order chi connectivity index (χ1) is 8.47. The summed E-state index contributed by atoms with van der Waals surface area (Å²) < 4.78 is 14.1. The van der Waals surface area contributed by atoms with Gasteiger partial charge in [0.1, 0.15) is 5.82 Å². The lowest BCUT2D eigenvalue weighted by molar-refractivity contribution is 0.190. The molecule has 1 fully saturated rings. The van der Waals surface area contributed by atoms with Gasteiger partial charge in [0.25, 0.3) is 0 Å². The maximum atomic E-state index is 13.5. The second-order valence-corrected chi connectivity index (χ2v) is 6.21. The summed E-state index contributed by atoms with van der Waals surface area (Å²) in [6.45, 7) is 3.28. The number of benzene rings is 1. The number of nitrogens with one attached hydrogen (secondary N) is 1.